The molecule has 3 rings (SSSR count). The molecule has 1 N–H and O–H groups in total. The molecule has 98 valence electrons. The van der Waals surface area contributed by atoms with Gasteiger partial charge in [-0.25, -0.2) is 4.98 Å². The molecule has 2 heterocycles. The summed E-state index contributed by atoms with van der Waals surface area (Å²) < 4.78 is 0.645. The number of nitrogens with one attached hydrogen (secondary N) is 1. The van der Waals surface area contributed by atoms with Crippen molar-refractivity contribution in [2.75, 3.05) is 0 Å². The first kappa shape index (κ1) is 12.9. The summed E-state index contributed by atoms with van der Waals surface area (Å²) in [5, 5.41) is 11.5. The molecule has 20 heavy (non-hydrogen) atoms. The Morgan fingerprint density at radius 2 is 2.20 bits per heavy atom. The number of thiophene rings is 1. The van der Waals surface area contributed by atoms with Crippen LogP contribution in [0.25, 0.3) is 10.2 Å². The zero-order valence-corrected chi connectivity index (χ0v) is 11.9. The highest BCUT2D eigenvalue weighted by Gasteiger charge is 2.07. The third-order valence-electron chi connectivity index (χ3n) is 2.80. The van der Waals surface area contributed by atoms with Gasteiger partial charge in [0.25, 0.3) is 5.56 Å². The zero-order chi connectivity index (χ0) is 13.9. The van der Waals surface area contributed by atoms with Crippen LogP contribution in [0.3, 0.4) is 0 Å². The van der Waals surface area contributed by atoms with Gasteiger partial charge >= 0.3 is 0 Å². The number of nitrogens with zero attached hydrogens (tertiary/aromatic N) is 2. The third kappa shape index (κ3) is 2.46. The SMILES string of the molecule is N#Cc1ccccc1CSc1nc2ccsc2c(=O)[nH]1. The van der Waals surface area contributed by atoms with Gasteiger partial charge in [0, 0.05) is 5.75 Å². The number of H-pyrrole nitrogens is 1. The number of aromatic amines is 1. The van der Waals surface area contributed by atoms with Gasteiger partial charge in [-0.1, -0.05) is 30.0 Å². The van der Waals surface area contributed by atoms with Crippen molar-refractivity contribution < 1.29 is 0 Å². The minimum atomic E-state index is -0.110. The largest absolute Gasteiger partial charge is 0.300 e. The number of thioether (sulfide) groups is 1. The molecule has 0 radical (unpaired) electrons. The first-order chi connectivity index (χ1) is 9.78. The van der Waals surface area contributed by atoms with Gasteiger partial charge in [-0.2, -0.15) is 5.26 Å². The molecule has 3 aromatic rings. The van der Waals surface area contributed by atoms with Crippen LogP contribution in [-0.2, 0) is 5.75 Å². The van der Waals surface area contributed by atoms with E-state index in [1.54, 1.807) is 6.07 Å². The summed E-state index contributed by atoms with van der Waals surface area (Å²) in [6.07, 6.45) is 0. The van der Waals surface area contributed by atoms with Gasteiger partial charge in [0.1, 0.15) is 4.70 Å². The predicted octanol–water partition coefficient (Wildman–Crippen LogP) is 3.15. The second-order valence-electron chi connectivity index (χ2n) is 4.06. The molecule has 0 unspecified atom stereocenters. The maximum absolute atomic E-state index is 11.8. The van der Waals surface area contributed by atoms with Gasteiger partial charge in [0.15, 0.2) is 5.16 Å². The normalized spacial score (nSPS) is 10.6. The second kappa shape index (κ2) is 5.49. The number of hydrogen-bond donors (Lipinski definition) is 1. The number of benzene rings is 1. The van der Waals surface area contributed by atoms with Crippen LogP contribution in [0, 0.1) is 11.3 Å². The van der Waals surface area contributed by atoms with Crippen LogP contribution in [0.5, 0.6) is 0 Å². The van der Waals surface area contributed by atoms with Crippen LogP contribution in [0.2, 0.25) is 0 Å². The Hall–Kier alpha value is -2.10. The van der Waals surface area contributed by atoms with Crippen molar-refractivity contribution in [2.24, 2.45) is 0 Å². The molecule has 0 amide bonds. The highest BCUT2D eigenvalue weighted by molar-refractivity contribution is 7.98. The van der Waals surface area contributed by atoms with E-state index in [0.717, 1.165) is 11.1 Å². The van der Waals surface area contributed by atoms with Crippen molar-refractivity contribution in [1.29, 1.82) is 5.26 Å². The Balaban J connectivity index is 1.87. The summed E-state index contributed by atoms with van der Waals surface area (Å²) in [4.78, 5) is 19.0. The lowest BCUT2D eigenvalue weighted by Gasteiger charge is -2.03. The summed E-state index contributed by atoms with van der Waals surface area (Å²) in [5.41, 5.74) is 2.20. The molecule has 0 aliphatic carbocycles. The molecule has 0 spiro atoms. The van der Waals surface area contributed by atoms with Crippen molar-refractivity contribution in [3.05, 3.63) is 57.2 Å². The number of fused-ring (bicyclic) bond motifs is 1. The van der Waals surface area contributed by atoms with E-state index in [2.05, 4.69) is 16.0 Å². The lowest BCUT2D eigenvalue weighted by atomic mass is 10.1. The summed E-state index contributed by atoms with van der Waals surface area (Å²) >= 11 is 2.81. The van der Waals surface area contributed by atoms with E-state index in [4.69, 9.17) is 5.26 Å². The summed E-state index contributed by atoms with van der Waals surface area (Å²) in [6.45, 7) is 0. The summed E-state index contributed by atoms with van der Waals surface area (Å²) in [5.74, 6) is 0.600. The van der Waals surface area contributed by atoms with Crippen molar-refractivity contribution in [2.45, 2.75) is 10.9 Å². The van der Waals surface area contributed by atoms with Crippen LogP contribution in [0.4, 0.5) is 0 Å². The molecule has 4 nitrogen and oxygen atoms in total. The number of hydrogen-bond acceptors (Lipinski definition) is 5. The number of nitriles is 1. The number of aromatic nitrogens is 2. The molecular formula is C14H9N3OS2. The van der Waals surface area contributed by atoms with Gasteiger partial charge in [0.2, 0.25) is 0 Å². The molecule has 2 aromatic heterocycles. The molecule has 0 bridgehead atoms. The van der Waals surface area contributed by atoms with E-state index in [9.17, 15) is 4.79 Å². The number of rotatable bonds is 3. The third-order valence-corrected chi connectivity index (χ3v) is 4.62. The zero-order valence-electron chi connectivity index (χ0n) is 10.3. The van der Waals surface area contributed by atoms with E-state index >= 15 is 0 Å². The van der Waals surface area contributed by atoms with Gasteiger partial charge in [-0.15, -0.1) is 11.3 Å². The van der Waals surface area contributed by atoms with E-state index in [1.807, 2.05) is 29.6 Å². The lowest BCUT2D eigenvalue weighted by molar-refractivity contribution is 0.977. The standard InChI is InChI=1S/C14H9N3OS2/c15-7-9-3-1-2-4-10(9)8-20-14-16-11-5-6-19-12(11)13(18)17-14/h1-6H,8H2,(H,16,17,18). The maximum Gasteiger partial charge on any atom is 0.269 e. The second-order valence-corrected chi connectivity index (χ2v) is 5.94. The van der Waals surface area contributed by atoms with Crippen LogP contribution in [-0.4, -0.2) is 9.97 Å². The van der Waals surface area contributed by atoms with Gasteiger partial charge < -0.3 is 4.98 Å². The quantitative estimate of drug-likeness (QED) is 0.596. The fraction of sp³-hybridized carbons (Fsp3) is 0.0714. The molecule has 0 atom stereocenters. The van der Waals surface area contributed by atoms with Gasteiger partial charge in [-0.3, -0.25) is 4.79 Å². The summed E-state index contributed by atoms with van der Waals surface area (Å²) in [6, 6.07) is 11.4. The van der Waals surface area contributed by atoms with Gasteiger partial charge in [-0.05, 0) is 23.1 Å². The average molecular weight is 299 g/mol. The topological polar surface area (TPSA) is 69.5 Å². The fourth-order valence-electron chi connectivity index (χ4n) is 1.82. The molecule has 0 fully saturated rings. The maximum atomic E-state index is 11.8. The molecule has 0 aliphatic heterocycles. The minimum absolute atomic E-state index is 0.110. The van der Waals surface area contributed by atoms with E-state index in [0.29, 0.717) is 21.2 Å². The van der Waals surface area contributed by atoms with E-state index in [1.165, 1.54) is 23.1 Å². The van der Waals surface area contributed by atoms with Gasteiger partial charge in [0.05, 0.1) is 17.1 Å². The first-order valence-corrected chi connectivity index (χ1v) is 7.73. The van der Waals surface area contributed by atoms with E-state index < -0.39 is 0 Å². The summed E-state index contributed by atoms with van der Waals surface area (Å²) in [7, 11) is 0. The molecule has 0 aliphatic rings. The van der Waals surface area contributed by atoms with Crippen molar-refractivity contribution in [3.8, 4) is 6.07 Å². The Morgan fingerprint density at radius 1 is 1.35 bits per heavy atom. The average Bonchev–Trinajstić information content (AvgIpc) is 2.94. The highest BCUT2D eigenvalue weighted by atomic mass is 32.2. The monoisotopic (exact) mass is 299 g/mol. The Kier molecular flexibility index (Phi) is 3.54. The first-order valence-electron chi connectivity index (χ1n) is 5.86. The van der Waals surface area contributed by atoms with Crippen molar-refractivity contribution in [1.82, 2.24) is 9.97 Å². The Bertz CT molecular complexity index is 860. The molecule has 0 saturated heterocycles. The van der Waals surface area contributed by atoms with Crippen molar-refractivity contribution >= 4 is 33.3 Å². The van der Waals surface area contributed by atoms with E-state index in [-0.39, 0.29) is 5.56 Å². The van der Waals surface area contributed by atoms with Crippen LogP contribution >= 0.6 is 23.1 Å². The Labute approximate surface area is 123 Å². The fourth-order valence-corrected chi connectivity index (χ4v) is 3.42. The van der Waals surface area contributed by atoms with Crippen LogP contribution in [0.15, 0.2) is 45.7 Å². The molecule has 6 heteroatoms. The highest BCUT2D eigenvalue weighted by Crippen LogP contribution is 2.23. The smallest absolute Gasteiger partial charge is 0.269 e. The predicted molar refractivity (Wildman–Crippen MR) is 81.0 cm³/mol. The lowest BCUT2D eigenvalue weighted by Crippen LogP contribution is -2.07. The molecule has 0 saturated carbocycles. The Morgan fingerprint density at radius 3 is 3.05 bits per heavy atom. The van der Waals surface area contributed by atoms with Crippen molar-refractivity contribution in [3.63, 3.8) is 0 Å². The molecule has 1 aromatic carbocycles. The van der Waals surface area contributed by atoms with Crippen LogP contribution < -0.4 is 5.56 Å². The minimum Gasteiger partial charge on any atom is -0.300 e. The van der Waals surface area contributed by atoms with Crippen LogP contribution in [0.1, 0.15) is 11.1 Å². The molecular weight excluding hydrogens is 290 g/mol.